The van der Waals surface area contributed by atoms with Gasteiger partial charge in [-0.15, -0.1) is 0 Å². The number of esters is 1. The topological polar surface area (TPSA) is 123 Å². The fourth-order valence-corrected chi connectivity index (χ4v) is 2.09. The molecule has 1 aromatic carbocycles. The Balaban J connectivity index is 1.84. The first-order valence-corrected chi connectivity index (χ1v) is 7.20. The monoisotopic (exact) mass is 334 g/mol. The normalized spacial score (nSPS) is 11.8. The summed E-state index contributed by atoms with van der Waals surface area (Å²) >= 11 is 0. The zero-order chi connectivity index (χ0) is 17.5. The first-order valence-electron chi connectivity index (χ1n) is 7.20. The lowest BCUT2D eigenvalue weighted by atomic mass is 10.2. The number of aromatic nitrogens is 2. The second-order valence-electron chi connectivity index (χ2n) is 4.96. The minimum atomic E-state index is -1.16. The number of aliphatic hydroxyl groups is 1. The maximum absolute atomic E-state index is 11.9. The fraction of sp³-hybridized carbons (Fsp3) is 0.333. The average Bonchev–Trinajstić information content (AvgIpc) is 3.00. The SMILES string of the molecule is COC(=O)C(CO)NC(=O)CNC(=O)Cn1ncc2ccccc21. The largest absolute Gasteiger partial charge is 0.467 e. The molecule has 0 fully saturated rings. The van der Waals surface area contributed by atoms with E-state index in [1.54, 1.807) is 6.20 Å². The summed E-state index contributed by atoms with van der Waals surface area (Å²) in [6.07, 6.45) is 1.65. The Morgan fingerprint density at radius 1 is 1.29 bits per heavy atom. The summed E-state index contributed by atoms with van der Waals surface area (Å²) < 4.78 is 5.95. The van der Waals surface area contributed by atoms with E-state index in [-0.39, 0.29) is 13.1 Å². The lowest BCUT2D eigenvalue weighted by Gasteiger charge is -2.14. The van der Waals surface area contributed by atoms with Crippen LogP contribution >= 0.6 is 0 Å². The fourth-order valence-electron chi connectivity index (χ4n) is 2.09. The number of rotatable bonds is 7. The Morgan fingerprint density at radius 2 is 2.04 bits per heavy atom. The van der Waals surface area contributed by atoms with Crippen LogP contribution in [-0.4, -0.2) is 59.0 Å². The van der Waals surface area contributed by atoms with Gasteiger partial charge in [0.2, 0.25) is 11.8 Å². The van der Waals surface area contributed by atoms with Gasteiger partial charge >= 0.3 is 5.97 Å². The minimum Gasteiger partial charge on any atom is -0.467 e. The highest BCUT2D eigenvalue weighted by Gasteiger charge is 2.20. The standard InChI is InChI=1S/C15H18N4O5/c1-24-15(23)11(9-20)18-13(21)7-16-14(22)8-19-12-5-3-2-4-10(12)6-17-19/h2-6,11,20H,7-9H2,1H3,(H,16,22)(H,18,21). The number of para-hydroxylation sites is 1. The molecular weight excluding hydrogens is 316 g/mol. The number of hydrogen-bond acceptors (Lipinski definition) is 6. The zero-order valence-electron chi connectivity index (χ0n) is 13.1. The van der Waals surface area contributed by atoms with Crippen molar-refractivity contribution in [3.8, 4) is 0 Å². The molecule has 0 aliphatic heterocycles. The highest BCUT2D eigenvalue weighted by atomic mass is 16.5. The molecule has 0 saturated carbocycles. The molecule has 1 heterocycles. The number of aliphatic hydroxyl groups excluding tert-OH is 1. The highest BCUT2D eigenvalue weighted by molar-refractivity contribution is 5.88. The Morgan fingerprint density at radius 3 is 2.75 bits per heavy atom. The predicted octanol–water partition coefficient (Wildman–Crippen LogP) is -1.20. The van der Waals surface area contributed by atoms with E-state index in [2.05, 4.69) is 20.5 Å². The number of benzene rings is 1. The third-order valence-electron chi connectivity index (χ3n) is 3.29. The van der Waals surface area contributed by atoms with Crippen LogP contribution in [0.1, 0.15) is 0 Å². The second-order valence-corrected chi connectivity index (χ2v) is 4.96. The molecule has 0 spiro atoms. The Bertz CT molecular complexity index is 742. The van der Waals surface area contributed by atoms with Crippen molar-refractivity contribution >= 4 is 28.7 Å². The molecule has 1 aromatic heterocycles. The first kappa shape index (κ1) is 17.4. The molecule has 128 valence electrons. The average molecular weight is 334 g/mol. The van der Waals surface area contributed by atoms with Gasteiger partial charge in [-0.2, -0.15) is 5.10 Å². The summed E-state index contributed by atoms with van der Waals surface area (Å²) in [5, 5.41) is 18.7. The molecular formula is C15H18N4O5. The zero-order valence-corrected chi connectivity index (χ0v) is 13.1. The van der Waals surface area contributed by atoms with Crippen LogP contribution in [0.2, 0.25) is 0 Å². The molecule has 2 aromatic rings. The number of methoxy groups -OCH3 is 1. The third kappa shape index (κ3) is 4.29. The van der Waals surface area contributed by atoms with Crippen molar-refractivity contribution in [3.63, 3.8) is 0 Å². The number of carbonyl (C=O) groups excluding carboxylic acids is 3. The van der Waals surface area contributed by atoms with Crippen molar-refractivity contribution in [1.29, 1.82) is 0 Å². The maximum Gasteiger partial charge on any atom is 0.330 e. The summed E-state index contributed by atoms with van der Waals surface area (Å²) in [5.41, 5.74) is 0.808. The molecule has 2 amide bonds. The van der Waals surface area contributed by atoms with Crippen molar-refractivity contribution in [2.75, 3.05) is 20.3 Å². The molecule has 3 N–H and O–H groups in total. The number of fused-ring (bicyclic) bond motifs is 1. The number of nitrogens with one attached hydrogen (secondary N) is 2. The van der Waals surface area contributed by atoms with E-state index in [0.717, 1.165) is 18.0 Å². The number of carbonyl (C=O) groups is 3. The number of nitrogens with zero attached hydrogens (tertiary/aromatic N) is 2. The van der Waals surface area contributed by atoms with Crippen molar-refractivity contribution in [2.24, 2.45) is 0 Å². The van der Waals surface area contributed by atoms with Gasteiger partial charge in [-0.3, -0.25) is 14.3 Å². The summed E-state index contributed by atoms with van der Waals surface area (Å²) in [6.45, 7) is -0.960. The van der Waals surface area contributed by atoms with Crippen LogP contribution in [0.15, 0.2) is 30.5 Å². The van der Waals surface area contributed by atoms with E-state index in [4.69, 9.17) is 5.11 Å². The molecule has 2 rings (SSSR count). The smallest absolute Gasteiger partial charge is 0.330 e. The molecule has 0 aliphatic carbocycles. The van der Waals surface area contributed by atoms with Crippen LogP contribution in [-0.2, 0) is 25.7 Å². The molecule has 0 radical (unpaired) electrons. The van der Waals surface area contributed by atoms with Crippen LogP contribution < -0.4 is 10.6 Å². The maximum atomic E-state index is 11.9. The van der Waals surface area contributed by atoms with Gasteiger partial charge in [0.1, 0.15) is 6.54 Å². The number of hydrogen-bond donors (Lipinski definition) is 3. The van der Waals surface area contributed by atoms with E-state index in [9.17, 15) is 14.4 Å². The summed E-state index contributed by atoms with van der Waals surface area (Å²) in [4.78, 5) is 34.9. The number of amides is 2. The van der Waals surface area contributed by atoms with E-state index in [1.807, 2.05) is 24.3 Å². The van der Waals surface area contributed by atoms with Crippen molar-refractivity contribution in [1.82, 2.24) is 20.4 Å². The van der Waals surface area contributed by atoms with Gasteiger partial charge in [-0.05, 0) is 6.07 Å². The minimum absolute atomic E-state index is 0.0405. The van der Waals surface area contributed by atoms with Gasteiger partial charge in [0, 0.05) is 5.39 Å². The molecule has 0 saturated heterocycles. The quantitative estimate of drug-likeness (QED) is 0.547. The van der Waals surface area contributed by atoms with Gasteiger partial charge in [0.15, 0.2) is 6.04 Å². The summed E-state index contributed by atoms with van der Waals surface area (Å²) in [5.74, 6) is -1.78. The third-order valence-corrected chi connectivity index (χ3v) is 3.29. The molecule has 9 nitrogen and oxygen atoms in total. The van der Waals surface area contributed by atoms with Gasteiger partial charge in [-0.25, -0.2) is 4.79 Å². The van der Waals surface area contributed by atoms with Crippen LogP contribution in [0, 0.1) is 0 Å². The summed E-state index contributed by atoms with van der Waals surface area (Å²) in [6, 6.07) is 6.27. The van der Waals surface area contributed by atoms with Crippen molar-refractivity contribution in [2.45, 2.75) is 12.6 Å². The predicted molar refractivity (Wildman–Crippen MR) is 83.8 cm³/mol. The van der Waals surface area contributed by atoms with Crippen LogP contribution in [0.25, 0.3) is 10.9 Å². The summed E-state index contributed by atoms with van der Waals surface area (Å²) in [7, 11) is 1.15. The lowest BCUT2D eigenvalue weighted by Crippen LogP contribution is -2.48. The van der Waals surface area contributed by atoms with Crippen molar-refractivity contribution in [3.05, 3.63) is 30.5 Å². The van der Waals surface area contributed by atoms with E-state index in [0.29, 0.717) is 0 Å². The van der Waals surface area contributed by atoms with E-state index < -0.39 is 30.4 Å². The van der Waals surface area contributed by atoms with E-state index >= 15 is 0 Å². The Labute approximate surface area is 137 Å². The van der Waals surface area contributed by atoms with Crippen LogP contribution in [0.3, 0.4) is 0 Å². The van der Waals surface area contributed by atoms with Crippen LogP contribution in [0.4, 0.5) is 0 Å². The molecule has 9 heteroatoms. The lowest BCUT2D eigenvalue weighted by molar-refractivity contribution is -0.146. The molecule has 0 bridgehead atoms. The molecule has 0 aliphatic rings. The Hall–Kier alpha value is -2.94. The highest BCUT2D eigenvalue weighted by Crippen LogP contribution is 2.11. The van der Waals surface area contributed by atoms with Crippen LogP contribution in [0.5, 0.6) is 0 Å². The van der Waals surface area contributed by atoms with E-state index in [1.165, 1.54) is 4.68 Å². The molecule has 1 unspecified atom stereocenters. The molecule has 1 atom stereocenters. The second kappa shape index (κ2) is 8.06. The first-order chi connectivity index (χ1) is 11.5. The van der Waals surface area contributed by atoms with Crippen molar-refractivity contribution < 1.29 is 24.2 Å². The molecule has 24 heavy (non-hydrogen) atoms. The Kier molecular flexibility index (Phi) is 5.85. The number of ether oxygens (including phenoxy) is 1. The van der Waals surface area contributed by atoms with Gasteiger partial charge in [0.05, 0.1) is 32.0 Å². The van der Waals surface area contributed by atoms with Gasteiger partial charge < -0.3 is 20.5 Å². The van der Waals surface area contributed by atoms with Gasteiger partial charge in [0.25, 0.3) is 0 Å². The van der Waals surface area contributed by atoms with Gasteiger partial charge in [-0.1, -0.05) is 18.2 Å².